The third-order valence-corrected chi connectivity index (χ3v) is 5.99. The van der Waals surface area contributed by atoms with Crippen LogP contribution in [-0.2, 0) is 4.79 Å². The zero-order valence-corrected chi connectivity index (χ0v) is 15.3. The molecule has 2 atom stereocenters. The van der Waals surface area contributed by atoms with E-state index in [2.05, 4.69) is 40.5 Å². The van der Waals surface area contributed by atoms with E-state index < -0.39 is 0 Å². The SMILES string of the molecule is O=C(Nc1ccc2c(c1)OCO2)C1CCN(C2CC2c2ccccc2)CC1. The summed E-state index contributed by atoms with van der Waals surface area (Å²) in [5.74, 6) is 2.30. The average Bonchev–Trinajstić information content (AvgIpc) is 3.38. The van der Waals surface area contributed by atoms with Gasteiger partial charge in [0.25, 0.3) is 0 Å². The zero-order chi connectivity index (χ0) is 18.2. The fourth-order valence-corrected chi connectivity index (χ4v) is 4.36. The third kappa shape index (κ3) is 3.39. The number of rotatable bonds is 4. The quantitative estimate of drug-likeness (QED) is 0.900. The molecule has 1 aliphatic carbocycles. The van der Waals surface area contributed by atoms with Crippen molar-refractivity contribution >= 4 is 11.6 Å². The fraction of sp³-hybridized carbons (Fsp3) is 0.409. The minimum absolute atomic E-state index is 0.0839. The zero-order valence-electron chi connectivity index (χ0n) is 15.3. The summed E-state index contributed by atoms with van der Waals surface area (Å²) in [5.41, 5.74) is 2.23. The van der Waals surface area contributed by atoms with E-state index in [0.717, 1.165) is 37.4 Å². The van der Waals surface area contributed by atoms with Gasteiger partial charge in [-0.2, -0.15) is 0 Å². The fourth-order valence-electron chi connectivity index (χ4n) is 4.36. The van der Waals surface area contributed by atoms with Crippen LogP contribution in [0.4, 0.5) is 5.69 Å². The predicted octanol–water partition coefficient (Wildman–Crippen LogP) is 3.62. The van der Waals surface area contributed by atoms with Crippen molar-refractivity contribution in [1.82, 2.24) is 4.90 Å². The molecule has 27 heavy (non-hydrogen) atoms. The van der Waals surface area contributed by atoms with Crippen molar-refractivity contribution in [1.29, 1.82) is 0 Å². The summed E-state index contributed by atoms with van der Waals surface area (Å²) in [6, 6.07) is 17.0. The molecule has 0 spiro atoms. The number of likely N-dealkylation sites (tertiary alicyclic amines) is 1. The Morgan fingerprint density at radius 3 is 2.59 bits per heavy atom. The van der Waals surface area contributed by atoms with E-state index in [1.54, 1.807) is 0 Å². The molecule has 140 valence electrons. The molecular formula is C22H24N2O3. The number of benzene rings is 2. The van der Waals surface area contributed by atoms with Gasteiger partial charge in [0, 0.05) is 29.6 Å². The van der Waals surface area contributed by atoms with E-state index in [0.29, 0.717) is 17.7 Å². The molecule has 5 nitrogen and oxygen atoms in total. The van der Waals surface area contributed by atoms with Crippen LogP contribution in [-0.4, -0.2) is 36.7 Å². The van der Waals surface area contributed by atoms with Gasteiger partial charge in [-0.15, -0.1) is 0 Å². The topological polar surface area (TPSA) is 50.8 Å². The van der Waals surface area contributed by atoms with E-state index in [1.165, 1.54) is 12.0 Å². The van der Waals surface area contributed by atoms with Crippen LogP contribution in [0.2, 0.25) is 0 Å². The Bertz CT molecular complexity index is 831. The summed E-state index contributed by atoms with van der Waals surface area (Å²) < 4.78 is 10.7. The molecule has 1 N–H and O–H groups in total. The standard InChI is InChI=1S/C22H24N2O3/c25-22(23-17-6-7-20-21(12-17)27-14-26-20)16-8-10-24(11-9-16)19-13-18(19)15-4-2-1-3-5-15/h1-7,12,16,18-19H,8-11,13-14H2,(H,23,25). The Kier molecular flexibility index (Phi) is 4.24. The van der Waals surface area contributed by atoms with E-state index in [-0.39, 0.29) is 18.6 Å². The van der Waals surface area contributed by atoms with Gasteiger partial charge >= 0.3 is 0 Å². The molecule has 0 aromatic heterocycles. The number of piperidine rings is 1. The Hall–Kier alpha value is -2.53. The molecule has 2 aromatic rings. The molecule has 2 aromatic carbocycles. The lowest BCUT2D eigenvalue weighted by Crippen LogP contribution is -2.39. The average molecular weight is 364 g/mol. The van der Waals surface area contributed by atoms with Gasteiger partial charge in [-0.3, -0.25) is 9.69 Å². The number of carbonyl (C=O) groups excluding carboxylic acids is 1. The van der Waals surface area contributed by atoms with Crippen molar-refractivity contribution in [3.05, 3.63) is 54.1 Å². The number of nitrogens with zero attached hydrogens (tertiary/aromatic N) is 1. The largest absolute Gasteiger partial charge is 0.454 e. The monoisotopic (exact) mass is 364 g/mol. The van der Waals surface area contributed by atoms with Gasteiger partial charge in [0.15, 0.2) is 11.5 Å². The summed E-state index contributed by atoms with van der Waals surface area (Å²) in [7, 11) is 0. The summed E-state index contributed by atoms with van der Waals surface area (Å²) in [4.78, 5) is 15.2. The van der Waals surface area contributed by atoms with Crippen molar-refractivity contribution in [2.75, 3.05) is 25.2 Å². The van der Waals surface area contributed by atoms with Gasteiger partial charge < -0.3 is 14.8 Å². The molecule has 5 heteroatoms. The lowest BCUT2D eigenvalue weighted by atomic mass is 9.95. The van der Waals surface area contributed by atoms with Crippen molar-refractivity contribution < 1.29 is 14.3 Å². The molecule has 2 unspecified atom stereocenters. The highest BCUT2D eigenvalue weighted by molar-refractivity contribution is 5.93. The molecule has 0 radical (unpaired) electrons. The van der Waals surface area contributed by atoms with E-state index >= 15 is 0 Å². The first kappa shape index (κ1) is 16.6. The Balaban J connectivity index is 1.14. The molecule has 0 bridgehead atoms. The molecule has 5 rings (SSSR count). The Labute approximate surface area is 159 Å². The number of amides is 1. The lowest BCUT2D eigenvalue weighted by molar-refractivity contribution is -0.121. The maximum Gasteiger partial charge on any atom is 0.231 e. The van der Waals surface area contributed by atoms with E-state index in [1.807, 2.05) is 18.2 Å². The smallest absolute Gasteiger partial charge is 0.231 e. The molecule has 2 aliphatic heterocycles. The second-order valence-corrected chi connectivity index (χ2v) is 7.69. The summed E-state index contributed by atoms with van der Waals surface area (Å²) >= 11 is 0. The second kappa shape index (κ2) is 6.89. The maximum atomic E-state index is 12.6. The summed E-state index contributed by atoms with van der Waals surface area (Å²) in [6.07, 6.45) is 3.10. The minimum atomic E-state index is 0.0839. The first-order chi connectivity index (χ1) is 13.3. The van der Waals surface area contributed by atoms with Crippen LogP contribution in [0.3, 0.4) is 0 Å². The maximum absolute atomic E-state index is 12.6. The number of ether oxygens (including phenoxy) is 2. The van der Waals surface area contributed by atoms with Crippen molar-refractivity contribution in [3.8, 4) is 11.5 Å². The molecule has 1 saturated carbocycles. The number of carbonyl (C=O) groups is 1. The van der Waals surface area contributed by atoms with Gasteiger partial charge in [0.2, 0.25) is 12.7 Å². The van der Waals surface area contributed by atoms with Crippen molar-refractivity contribution in [2.45, 2.75) is 31.2 Å². The number of nitrogens with one attached hydrogen (secondary N) is 1. The van der Waals surface area contributed by atoms with Crippen LogP contribution in [0.15, 0.2) is 48.5 Å². The van der Waals surface area contributed by atoms with E-state index in [9.17, 15) is 4.79 Å². The van der Waals surface area contributed by atoms with Crippen LogP contribution in [0.1, 0.15) is 30.7 Å². The molecule has 1 amide bonds. The van der Waals surface area contributed by atoms with Crippen molar-refractivity contribution in [2.24, 2.45) is 5.92 Å². The van der Waals surface area contributed by atoms with Crippen LogP contribution >= 0.6 is 0 Å². The third-order valence-electron chi connectivity index (χ3n) is 5.99. The number of anilines is 1. The summed E-state index contributed by atoms with van der Waals surface area (Å²) in [5, 5.41) is 3.04. The van der Waals surface area contributed by atoms with E-state index in [4.69, 9.17) is 9.47 Å². The predicted molar refractivity (Wildman–Crippen MR) is 103 cm³/mol. The van der Waals surface area contributed by atoms with Crippen LogP contribution in [0.5, 0.6) is 11.5 Å². The first-order valence-electron chi connectivity index (χ1n) is 9.77. The Morgan fingerprint density at radius 1 is 1.00 bits per heavy atom. The first-order valence-corrected chi connectivity index (χ1v) is 9.77. The summed E-state index contributed by atoms with van der Waals surface area (Å²) in [6.45, 7) is 2.26. The molecule has 1 saturated heterocycles. The van der Waals surface area contributed by atoms with Crippen LogP contribution in [0, 0.1) is 5.92 Å². The minimum Gasteiger partial charge on any atom is -0.454 e. The number of hydrogen-bond donors (Lipinski definition) is 1. The van der Waals surface area contributed by atoms with Gasteiger partial charge in [-0.05, 0) is 50.0 Å². The van der Waals surface area contributed by atoms with Gasteiger partial charge in [0.1, 0.15) is 0 Å². The highest BCUT2D eigenvalue weighted by atomic mass is 16.7. The normalized spacial score (nSPS) is 24.6. The van der Waals surface area contributed by atoms with Gasteiger partial charge in [-0.25, -0.2) is 0 Å². The van der Waals surface area contributed by atoms with Gasteiger partial charge in [-0.1, -0.05) is 30.3 Å². The van der Waals surface area contributed by atoms with Crippen molar-refractivity contribution in [3.63, 3.8) is 0 Å². The highest BCUT2D eigenvalue weighted by Gasteiger charge is 2.43. The molecular weight excluding hydrogens is 340 g/mol. The van der Waals surface area contributed by atoms with Gasteiger partial charge in [0.05, 0.1) is 0 Å². The number of fused-ring (bicyclic) bond motifs is 1. The lowest BCUT2D eigenvalue weighted by Gasteiger charge is -2.31. The molecule has 2 fully saturated rings. The Morgan fingerprint density at radius 2 is 1.78 bits per heavy atom. The molecule has 3 aliphatic rings. The highest BCUT2D eigenvalue weighted by Crippen LogP contribution is 2.45. The second-order valence-electron chi connectivity index (χ2n) is 7.69. The molecule has 2 heterocycles. The van der Waals surface area contributed by atoms with Crippen LogP contribution < -0.4 is 14.8 Å². The number of hydrogen-bond acceptors (Lipinski definition) is 4. The van der Waals surface area contributed by atoms with Crippen LogP contribution in [0.25, 0.3) is 0 Å².